The van der Waals surface area contributed by atoms with Crippen molar-refractivity contribution in [3.8, 4) is 17.2 Å². The second-order valence-corrected chi connectivity index (χ2v) is 14.1. The van der Waals surface area contributed by atoms with Crippen LogP contribution in [0.1, 0.15) is 80.3 Å². The number of nitriles is 1. The molecule has 47 heavy (non-hydrogen) atoms. The molecule has 9 nitrogen and oxygen atoms in total. The maximum Gasteiger partial charge on any atom is 0.407 e. The van der Waals surface area contributed by atoms with Crippen LogP contribution in [-0.2, 0) is 11.2 Å². The van der Waals surface area contributed by atoms with Gasteiger partial charge >= 0.3 is 6.09 Å². The molecular formula is C35H32Cl2FN5O4. The lowest BCUT2D eigenvalue weighted by Crippen LogP contribution is -2.43. The summed E-state index contributed by atoms with van der Waals surface area (Å²) in [6, 6.07) is 9.54. The van der Waals surface area contributed by atoms with Gasteiger partial charge in [0.05, 0.1) is 39.8 Å². The van der Waals surface area contributed by atoms with Gasteiger partial charge < -0.3 is 19.9 Å². The second-order valence-electron chi connectivity index (χ2n) is 13.3. The third kappa shape index (κ3) is 4.85. The highest BCUT2D eigenvalue weighted by molar-refractivity contribution is 6.43. The fourth-order valence-corrected chi connectivity index (χ4v) is 7.90. The number of nitrogens with one attached hydrogen (secondary N) is 1. The molecular weight excluding hydrogens is 644 g/mol. The Bertz CT molecular complexity index is 2080. The monoisotopic (exact) mass is 675 g/mol. The van der Waals surface area contributed by atoms with Gasteiger partial charge in [-0.2, -0.15) is 5.26 Å². The number of hydrogen-bond donors (Lipinski definition) is 2. The summed E-state index contributed by atoms with van der Waals surface area (Å²) in [7, 11) is 0. The van der Waals surface area contributed by atoms with Gasteiger partial charge in [-0.1, -0.05) is 42.3 Å². The average molecular weight is 677 g/mol. The minimum absolute atomic E-state index is 0.00857. The van der Waals surface area contributed by atoms with Crippen LogP contribution in [-0.4, -0.2) is 49.9 Å². The molecule has 4 fully saturated rings. The summed E-state index contributed by atoms with van der Waals surface area (Å²) in [6.45, 7) is 5.51. The van der Waals surface area contributed by atoms with Crippen molar-refractivity contribution >= 4 is 62.8 Å². The van der Waals surface area contributed by atoms with Crippen LogP contribution in [0, 0.1) is 28.5 Å². The number of Topliss-reactive ketones (excluding diaryl/α,β-unsaturated/α-hetero) is 1. The van der Waals surface area contributed by atoms with Crippen molar-refractivity contribution in [2.45, 2.75) is 71.0 Å². The molecule has 2 saturated carbocycles. The van der Waals surface area contributed by atoms with E-state index in [1.807, 2.05) is 24.5 Å². The molecule has 4 heterocycles. The molecule has 0 spiro atoms. The van der Waals surface area contributed by atoms with E-state index in [2.05, 4.69) is 16.4 Å². The molecule has 12 heteroatoms. The van der Waals surface area contributed by atoms with Gasteiger partial charge in [-0.3, -0.25) is 9.59 Å². The first kappa shape index (κ1) is 31.4. The molecule has 0 unspecified atom stereocenters. The summed E-state index contributed by atoms with van der Waals surface area (Å²) < 4.78 is 19.1. The molecule has 2 aliphatic heterocycles. The number of carbonyl (C=O) groups is 3. The Hall–Kier alpha value is -4.20. The van der Waals surface area contributed by atoms with E-state index in [9.17, 15) is 24.8 Å². The molecule has 0 radical (unpaired) electrons. The lowest BCUT2D eigenvalue weighted by Gasteiger charge is -2.39. The normalized spacial score (nSPS) is 21.4. The molecule has 242 valence electrons. The van der Waals surface area contributed by atoms with Crippen molar-refractivity contribution in [1.29, 1.82) is 5.26 Å². The Balaban J connectivity index is 1.55. The Morgan fingerprint density at radius 3 is 2.62 bits per heavy atom. The number of carbonyl (C=O) groups excluding carboxylic acids is 2. The zero-order valence-corrected chi connectivity index (χ0v) is 27.5. The largest absolute Gasteiger partial charge is 0.465 e. The topological polar surface area (TPSA) is 128 Å². The number of rotatable bonds is 8. The van der Waals surface area contributed by atoms with Crippen LogP contribution in [0.5, 0.6) is 0 Å². The number of hydrogen-bond acceptors (Lipinski definition) is 5. The third-order valence-corrected chi connectivity index (χ3v) is 11.1. The number of aryl methyl sites for hydroxylation is 1. The van der Waals surface area contributed by atoms with Gasteiger partial charge in [0.15, 0.2) is 11.6 Å². The van der Waals surface area contributed by atoms with Crippen LogP contribution in [0.15, 0.2) is 30.3 Å². The van der Waals surface area contributed by atoms with Gasteiger partial charge in [-0.05, 0) is 56.4 Å². The third-order valence-electron chi connectivity index (χ3n) is 10.3. The molecule has 2 saturated heterocycles. The van der Waals surface area contributed by atoms with Gasteiger partial charge in [0.25, 0.3) is 0 Å². The molecule has 4 aliphatic rings. The van der Waals surface area contributed by atoms with E-state index < -0.39 is 23.4 Å². The fraction of sp³-hybridized carbons (Fsp3) is 0.400. The minimum atomic E-state index is -1.01. The fourth-order valence-electron chi connectivity index (χ4n) is 7.51. The lowest BCUT2D eigenvalue weighted by atomic mass is 9.79. The highest BCUT2D eigenvalue weighted by Gasteiger charge is 2.56. The Kier molecular flexibility index (Phi) is 7.49. The van der Waals surface area contributed by atoms with Crippen LogP contribution < -0.4 is 5.32 Å². The number of ketones is 1. The van der Waals surface area contributed by atoms with Crippen molar-refractivity contribution in [2.75, 3.05) is 6.54 Å². The van der Waals surface area contributed by atoms with E-state index >= 15 is 4.39 Å². The van der Waals surface area contributed by atoms with Gasteiger partial charge in [0, 0.05) is 58.8 Å². The first-order chi connectivity index (χ1) is 22.4. The Morgan fingerprint density at radius 1 is 1.23 bits per heavy atom. The SMILES string of the molecule is CC(=O)c1nc2c(F)c(-c3cccc(Cl)c3Cl)c(CCC#N)cc2c2c1cc([C@@H](C)NC(=O)C1(C)CC1)n2[C@H]1[C@@H]2C[C@H]1N(C(=O)O)C2. The van der Waals surface area contributed by atoms with Crippen LogP contribution in [0.25, 0.3) is 32.9 Å². The average Bonchev–Trinajstić information content (AvgIpc) is 3.33. The van der Waals surface area contributed by atoms with Gasteiger partial charge in [0.1, 0.15) is 11.2 Å². The Morgan fingerprint density at radius 2 is 1.98 bits per heavy atom. The van der Waals surface area contributed by atoms with Crippen molar-refractivity contribution < 1.29 is 23.9 Å². The molecule has 2 N–H and O–H groups in total. The maximum atomic E-state index is 17.1. The molecule has 4 atom stereocenters. The van der Waals surface area contributed by atoms with E-state index in [1.54, 1.807) is 24.3 Å². The summed E-state index contributed by atoms with van der Waals surface area (Å²) in [6.07, 6.45) is 1.56. The number of benzene rings is 2. The van der Waals surface area contributed by atoms with Crippen LogP contribution in [0.2, 0.25) is 10.0 Å². The van der Waals surface area contributed by atoms with E-state index in [-0.39, 0.29) is 69.4 Å². The number of fused-ring (bicyclic) bond motifs is 4. The molecule has 2 aliphatic carbocycles. The molecule has 8 rings (SSSR count). The van der Waals surface area contributed by atoms with E-state index in [0.717, 1.165) is 12.8 Å². The van der Waals surface area contributed by atoms with Gasteiger partial charge in [0.2, 0.25) is 5.91 Å². The minimum Gasteiger partial charge on any atom is -0.465 e. The first-order valence-corrected chi connectivity index (χ1v) is 16.4. The number of aromatic nitrogens is 2. The van der Waals surface area contributed by atoms with Crippen molar-refractivity contribution in [3.05, 3.63) is 63.1 Å². The highest BCUT2D eigenvalue weighted by Crippen LogP contribution is 2.53. The summed E-state index contributed by atoms with van der Waals surface area (Å²) in [4.78, 5) is 44.6. The van der Waals surface area contributed by atoms with E-state index in [4.69, 9.17) is 23.2 Å². The highest BCUT2D eigenvalue weighted by atomic mass is 35.5. The summed E-state index contributed by atoms with van der Waals surface area (Å²) >= 11 is 12.9. The number of amides is 2. The molecule has 2 bridgehead atoms. The number of halogens is 3. The zero-order chi connectivity index (χ0) is 33.5. The Labute approximate surface area is 280 Å². The smallest absolute Gasteiger partial charge is 0.407 e. The number of carboxylic acid groups (broad SMARTS) is 1. The molecule has 2 amide bonds. The zero-order valence-electron chi connectivity index (χ0n) is 26.0. The van der Waals surface area contributed by atoms with Crippen molar-refractivity contribution in [3.63, 3.8) is 0 Å². The molecule has 2 aromatic heterocycles. The predicted molar refractivity (Wildman–Crippen MR) is 176 cm³/mol. The van der Waals surface area contributed by atoms with Crippen LogP contribution >= 0.6 is 23.2 Å². The van der Waals surface area contributed by atoms with Gasteiger partial charge in [-0.25, -0.2) is 14.2 Å². The summed E-state index contributed by atoms with van der Waals surface area (Å²) in [5.41, 5.74) is 1.81. The predicted octanol–water partition coefficient (Wildman–Crippen LogP) is 7.86. The van der Waals surface area contributed by atoms with E-state index in [1.165, 1.54) is 11.8 Å². The van der Waals surface area contributed by atoms with Crippen LogP contribution in [0.3, 0.4) is 0 Å². The first-order valence-electron chi connectivity index (χ1n) is 15.7. The number of pyridine rings is 1. The standard InChI is InChI=1S/C35H32Cl2FN5O4/c1-16(40-33(45)35(3)9-10-35)24-14-22-29(17(2)44)41-30-21(32(22)43(24)31-19-13-25(31)42(15-19)34(46)47)12-18(6-5-11-39)26(28(30)38)20-7-4-8-23(36)27(20)37/h4,7-8,12,14,16,19,25,31H,5-6,9-10,13,15H2,1-3H3,(H,40,45)(H,46,47)/t16-,19-,25-,31+/m1/s1. The number of nitrogens with zero attached hydrogens (tertiary/aromatic N) is 4. The molecule has 2 aromatic carbocycles. The molecule has 4 aromatic rings. The summed E-state index contributed by atoms with van der Waals surface area (Å²) in [5, 5.41) is 23.9. The maximum absolute atomic E-state index is 17.1. The van der Waals surface area contributed by atoms with Crippen molar-refractivity contribution in [2.24, 2.45) is 11.3 Å². The van der Waals surface area contributed by atoms with E-state index in [0.29, 0.717) is 46.1 Å². The lowest BCUT2D eigenvalue weighted by molar-refractivity contribution is -0.126. The van der Waals surface area contributed by atoms with Crippen LogP contribution in [0.4, 0.5) is 9.18 Å². The van der Waals surface area contributed by atoms with Crippen molar-refractivity contribution in [1.82, 2.24) is 19.8 Å². The quantitative estimate of drug-likeness (QED) is 0.183. The van der Waals surface area contributed by atoms with Gasteiger partial charge in [-0.15, -0.1) is 0 Å². The second kappa shape index (κ2) is 11.2. The summed E-state index contributed by atoms with van der Waals surface area (Å²) in [5.74, 6) is -1.16.